The molecule has 0 radical (unpaired) electrons. The average Bonchev–Trinajstić information content (AvgIpc) is 2.94. The second kappa shape index (κ2) is 9.66. The third kappa shape index (κ3) is 5.51. The Balaban J connectivity index is 1.83. The number of urea groups is 1. The monoisotopic (exact) mass is 353 g/mol. The van der Waals surface area contributed by atoms with Gasteiger partial charge in [-0.25, -0.2) is 4.79 Å². The molecule has 3 amide bonds. The Morgan fingerprint density at radius 1 is 1.25 bits per heavy atom. The molecule has 0 aliphatic heterocycles. The van der Waals surface area contributed by atoms with Gasteiger partial charge in [0.05, 0.1) is 5.75 Å². The number of aryl methyl sites for hydroxylation is 1. The van der Waals surface area contributed by atoms with Crippen LogP contribution in [0.15, 0.2) is 5.16 Å². The topological polar surface area (TPSA) is 88.9 Å². The standard InChI is InChI=1S/C16H27N5O2S/c1-3-4-10-17-15(23)18-14(22)11-24-16-20-19-12(2)21(16)13-8-6-5-7-9-13/h13H,3-11H2,1-2H3,(H2,17,18,22,23). The van der Waals surface area contributed by atoms with Gasteiger partial charge in [0.25, 0.3) is 0 Å². The number of nitrogens with one attached hydrogen (secondary N) is 2. The van der Waals surface area contributed by atoms with E-state index in [1.807, 2.05) is 13.8 Å². The minimum Gasteiger partial charge on any atom is -0.338 e. The van der Waals surface area contributed by atoms with Gasteiger partial charge < -0.3 is 9.88 Å². The second-order valence-electron chi connectivity index (χ2n) is 6.14. The van der Waals surface area contributed by atoms with Crippen LogP contribution < -0.4 is 10.6 Å². The number of aromatic nitrogens is 3. The molecule has 2 N–H and O–H groups in total. The smallest absolute Gasteiger partial charge is 0.321 e. The van der Waals surface area contributed by atoms with Crippen LogP contribution in [0.25, 0.3) is 0 Å². The van der Waals surface area contributed by atoms with E-state index in [-0.39, 0.29) is 11.7 Å². The van der Waals surface area contributed by atoms with Crippen LogP contribution in [0.3, 0.4) is 0 Å². The van der Waals surface area contributed by atoms with Crippen molar-refractivity contribution in [1.29, 1.82) is 0 Å². The van der Waals surface area contributed by atoms with Crippen LogP contribution in [-0.2, 0) is 4.79 Å². The summed E-state index contributed by atoms with van der Waals surface area (Å²) in [5.74, 6) is 0.735. The van der Waals surface area contributed by atoms with Gasteiger partial charge in [-0.2, -0.15) is 0 Å². The summed E-state index contributed by atoms with van der Waals surface area (Å²) < 4.78 is 2.15. The minimum atomic E-state index is -0.432. The predicted molar refractivity (Wildman–Crippen MR) is 94.1 cm³/mol. The van der Waals surface area contributed by atoms with E-state index in [4.69, 9.17) is 0 Å². The fourth-order valence-electron chi connectivity index (χ4n) is 2.92. The maximum Gasteiger partial charge on any atom is 0.321 e. The number of thioether (sulfide) groups is 1. The molecule has 0 aromatic carbocycles. The Labute approximate surface area is 147 Å². The minimum absolute atomic E-state index is 0.159. The summed E-state index contributed by atoms with van der Waals surface area (Å²) in [6, 6.07) is -0.00404. The number of hydrogen-bond donors (Lipinski definition) is 2. The van der Waals surface area contributed by atoms with E-state index >= 15 is 0 Å². The van der Waals surface area contributed by atoms with Crippen molar-refractivity contribution in [3.63, 3.8) is 0 Å². The van der Waals surface area contributed by atoms with Crippen molar-refractivity contribution in [2.75, 3.05) is 12.3 Å². The molecule has 1 aliphatic carbocycles. The number of imide groups is 1. The third-order valence-corrected chi connectivity index (χ3v) is 5.12. The molecule has 7 nitrogen and oxygen atoms in total. The molecule has 1 saturated carbocycles. The van der Waals surface area contributed by atoms with E-state index in [9.17, 15) is 9.59 Å². The summed E-state index contributed by atoms with van der Waals surface area (Å²) >= 11 is 1.34. The van der Waals surface area contributed by atoms with Gasteiger partial charge in [-0.15, -0.1) is 10.2 Å². The predicted octanol–water partition coefficient (Wildman–Crippen LogP) is 2.81. The lowest BCUT2D eigenvalue weighted by molar-refractivity contribution is -0.117. The molecule has 0 saturated heterocycles. The van der Waals surface area contributed by atoms with Gasteiger partial charge in [-0.3, -0.25) is 10.1 Å². The summed E-state index contributed by atoms with van der Waals surface area (Å²) in [6.07, 6.45) is 7.92. The number of amides is 3. The van der Waals surface area contributed by atoms with Crippen molar-refractivity contribution in [3.8, 4) is 0 Å². The highest BCUT2D eigenvalue weighted by Gasteiger charge is 2.22. The van der Waals surface area contributed by atoms with E-state index in [1.54, 1.807) is 0 Å². The first-order chi connectivity index (χ1) is 11.6. The molecule has 1 aromatic heterocycles. The summed E-state index contributed by atoms with van der Waals surface area (Å²) in [5, 5.41) is 14.1. The summed E-state index contributed by atoms with van der Waals surface area (Å²) in [6.45, 7) is 4.58. The van der Waals surface area contributed by atoms with Crippen LogP contribution in [0.2, 0.25) is 0 Å². The lowest BCUT2D eigenvalue weighted by Gasteiger charge is -2.24. The highest BCUT2D eigenvalue weighted by atomic mass is 32.2. The van der Waals surface area contributed by atoms with Gasteiger partial charge >= 0.3 is 6.03 Å². The SMILES string of the molecule is CCCCNC(=O)NC(=O)CSc1nnc(C)n1C1CCCCC1. The molecule has 1 aliphatic rings. The lowest BCUT2D eigenvalue weighted by atomic mass is 9.95. The van der Waals surface area contributed by atoms with Crippen LogP contribution in [0, 0.1) is 6.92 Å². The van der Waals surface area contributed by atoms with Gasteiger partial charge in [-0.1, -0.05) is 44.4 Å². The maximum absolute atomic E-state index is 11.9. The molecule has 0 bridgehead atoms. The Hall–Kier alpha value is -1.57. The molecule has 134 valence electrons. The van der Waals surface area contributed by atoms with Crippen LogP contribution in [0.1, 0.15) is 63.7 Å². The molecule has 1 aromatic rings. The largest absolute Gasteiger partial charge is 0.338 e. The summed E-state index contributed by atoms with van der Waals surface area (Å²) in [7, 11) is 0. The van der Waals surface area contributed by atoms with Crippen LogP contribution in [0.4, 0.5) is 4.79 Å². The molecule has 24 heavy (non-hydrogen) atoms. The van der Waals surface area contributed by atoms with E-state index in [2.05, 4.69) is 25.4 Å². The Morgan fingerprint density at radius 2 is 2.00 bits per heavy atom. The van der Waals surface area contributed by atoms with Crippen molar-refractivity contribution in [2.45, 2.75) is 70.0 Å². The summed E-state index contributed by atoms with van der Waals surface area (Å²) in [4.78, 5) is 23.5. The first-order valence-electron chi connectivity index (χ1n) is 8.73. The molecule has 1 heterocycles. The van der Waals surface area contributed by atoms with Gasteiger partial charge in [0.1, 0.15) is 5.82 Å². The second-order valence-corrected chi connectivity index (χ2v) is 7.08. The van der Waals surface area contributed by atoms with Crippen molar-refractivity contribution in [2.24, 2.45) is 0 Å². The van der Waals surface area contributed by atoms with E-state index in [1.165, 1.54) is 31.0 Å². The maximum atomic E-state index is 11.9. The zero-order valence-corrected chi connectivity index (χ0v) is 15.3. The molecule has 8 heteroatoms. The number of carbonyl (C=O) groups excluding carboxylic acids is 2. The van der Waals surface area contributed by atoms with E-state index < -0.39 is 6.03 Å². The van der Waals surface area contributed by atoms with Crippen LogP contribution >= 0.6 is 11.8 Å². The number of rotatable bonds is 7. The van der Waals surface area contributed by atoms with Crippen molar-refractivity contribution < 1.29 is 9.59 Å². The van der Waals surface area contributed by atoms with Gasteiger partial charge in [-0.05, 0) is 26.2 Å². The number of carbonyl (C=O) groups is 2. The van der Waals surface area contributed by atoms with Crippen molar-refractivity contribution in [3.05, 3.63) is 5.82 Å². The Bertz CT molecular complexity index is 555. The number of unbranched alkanes of at least 4 members (excludes halogenated alkanes) is 1. The highest BCUT2D eigenvalue weighted by Crippen LogP contribution is 2.32. The number of nitrogens with zero attached hydrogens (tertiary/aromatic N) is 3. The molecule has 2 rings (SSSR count). The van der Waals surface area contributed by atoms with E-state index in [0.29, 0.717) is 12.6 Å². The Morgan fingerprint density at radius 3 is 2.71 bits per heavy atom. The first-order valence-corrected chi connectivity index (χ1v) is 9.72. The molecule has 0 spiro atoms. The molecule has 0 atom stereocenters. The zero-order valence-electron chi connectivity index (χ0n) is 14.5. The highest BCUT2D eigenvalue weighted by molar-refractivity contribution is 7.99. The lowest BCUT2D eigenvalue weighted by Crippen LogP contribution is -2.40. The fraction of sp³-hybridized carbons (Fsp3) is 0.750. The fourth-order valence-corrected chi connectivity index (χ4v) is 3.77. The van der Waals surface area contributed by atoms with Crippen molar-refractivity contribution in [1.82, 2.24) is 25.4 Å². The molecular formula is C16H27N5O2S. The van der Waals surface area contributed by atoms with Gasteiger partial charge in [0.2, 0.25) is 5.91 Å². The van der Waals surface area contributed by atoms with Gasteiger partial charge in [0.15, 0.2) is 5.16 Å². The summed E-state index contributed by atoms with van der Waals surface area (Å²) in [5.41, 5.74) is 0. The zero-order chi connectivity index (χ0) is 17.4. The van der Waals surface area contributed by atoms with Crippen LogP contribution in [-0.4, -0.2) is 39.0 Å². The quantitative estimate of drug-likeness (QED) is 0.581. The third-order valence-electron chi connectivity index (χ3n) is 4.18. The van der Waals surface area contributed by atoms with Gasteiger partial charge in [0, 0.05) is 12.6 Å². The average molecular weight is 353 g/mol. The normalized spacial score (nSPS) is 15.2. The molecular weight excluding hydrogens is 326 g/mol. The molecule has 0 unspecified atom stereocenters. The molecule has 1 fully saturated rings. The first kappa shape index (κ1) is 18.8. The number of hydrogen-bond acceptors (Lipinski definition) is 5. The van der Waals surface area contributed by atoms with Crippen LogP contribution in [0.5, 0.6) is 0 Å². The Kier molecular flexibility index (Phi) is 7.55. The van der Waals surface area contributed by atoms with E-state index in [0.717, 1.165) is 36.7 Å². The van der Waals surface area contributed by atoms with Crippen molar-refractivity contribution >= 4 is 23.7 Å².